The fourth-order valence-electron chi connectivity index (χ4n) is 5.05. The monoisotopic (exact) mass is 549 g/mol. The zero-order valence-electron chi connectivity index (χ0n) is 20.2. The second-order valence-corrected chi connectivity index (χ2v) is 10.6. The molecule has 39 heavy (non-hydrogen) atoms. The van der Waals surface area contributed by atoms with Gasteiger partial charge in [-0.05, 0) is 35.9 Å². The summed E-state index contributed by atoms with van der Waals surface area (Å²) in [5.41, 5.74) is 4.33. The molecule has 1 aliphatic heterocycles. The van der Waals surface area contributed by atoms with E-state index in [-0.39, 0.29) is 18.1 Å². The van der Waals surface area contributed by atoms with E-state index in [1.54, 1.807) is 47.8 Å². The molecule has 7 nitrogen and oxygen atoms in total. The molecule has 7 rings (SSSR count). The van der Waals surface area contributed by atoms with Crippen molar-refractivity contribution in [3.63, 3.8) is 0 Å². The van der Waals surface area contributed by atoms with E-state index < -0.39 is 11.7 Å². The van der Waals surface area contributed by atoms with Gasteiger partial charge in [-0.15, -0.1) is 11.3 Å². The number of alkyl halides is 2. The van der Waals surface area contributed by atoms with Crippen LogP contribution in [0, 0.1) is 10.9 Å². The molecular formula is C27H19F4N7S. The molecule has 1 fully saturated rings. The summed E-state index contributed by atoms with van der Waals surface area (Å²) in [6, 6.07) is 9.69. The van der Waals surface area contributed by atoms with Crippen LogP contribution in [0.4, 0.5) is 17.6 Å². The van der Waals surface area contributed by atoms with E-state index in [2.05, 4.69) is 30.1 Å². The molecule has 0 amide bonds. The number of aromatic amines is 2. The Labute approximate surface area is 222 Å². The van der Waals surface area contributed by atoms with E-state index in [0.717, 1.165) is 27.3 Å². The smallest absolute Gasteiger partial charge is 0.261 e. The number of fused-ring (bicyclic) bond motifs is 2. The van der Waals surface area contributed by atoms with Crippen LogP contribution in [0.15, 0.2) is 55.0 Å². The van der Waals surface area contributed by atoms with E-state index in [1.807, 2.05) is 0 Å². The Kier molecular flexibility index (Phi) is 5.49. The Morgan fingerprint density at radius 1 is 1.05 bits per heavy atom. The summed E-state index contributed by atoms with van der Waals surface area (Å²) >= 11 is 1.03. The van der Waals surface area contributed by atoms with Crippen LogP contribution in [0.25, 0.3) is 55.2 Å². The van der Waals surface area contributed by atoms with E-state index >= 15 is 4.39 Å². The molecule has 1 aromatic carbocycles. The van der Waals surface area contributed by atoms with Crippen molar-refractivity contribution >= 4 is 33.4 Å². The molecule has 0 unspecified atom stereocenters. The van der Waals surface area contributed by atoms with Gasteiger partial charge in [-0.2, -0.15) is 9.49 Å². The van der Waals surface area contributed by atoms with Crippen LogP contribution in [-0.4, -0.2) is 54.0 Å². The quantitative estimate of drug-likeness (QED) is 0.243. The number of halogens is 4. The van der Waals surface area contributed by atoms with Crippen molar-refractivity contribution in [1.29, 1.82) is 0 Å². The number of pyridine rings is 2. The number of benzene rings is 1. The molecule has 0 bridgehead atoms. The molecule has 0 atom stereocenters. The number of thiophene rings is 1. The zero-order valence-corrected chi connectivity index (χ0v) is 21.0. The standard InChI is InChI=1S/C27H19F4N7S/c28-19-9-20-18(8-17(19)15-7-14(10-32-11-15)12-38-6-4-27(30,31)13-38)24(37-36-20)26-34-23-16(3-5-33-25(23)35-26)21-1-2-22(29)39-21/h1-3,5,7-11H,4,6,12-13H2,(H,36,37)(H,33,34,35). The van der Waals surface area contributed by atoms with Crippen molar-refractivity contribution < 1.29 is 17.6 Å². The lowest BCUT2D eigenvalue weighted by atomic mass is 10.0. The minimum Gasteiger partial charge on any atom is -0.335 e. The predicted octanol–water partition coefficient (Wildman–Crippen LogP) is 6.41. The molecule has 0 saturated carbocycles. The second-order valence-electron chi connectivity index (χ2n) is 9.59. The normalized spacial score (nSPS) is 15.6. The molecular weight excluding hydrogens is 530 g/mol. The summed E-state index contributed by atoms with van der Waals surface area (Å²) in [7, 11) is 0. The Morgan fingerprint density at radius 3 is 2.74 bits per heavy atom. The third kappa shape index (κ3) is 4.35. The lowest BCUT2D eigenvalue weighted by Gasteiger charge is -2.16. The van der Waals surface area contributed by atoms with Gasteiger partial charge in [0.2, 0.25) is 0 Å². The van der Waals surface area contributed by atoms with Crippen LogP contribution in [0.2, 0.25) is 0 Å². The predicted molar refractivity (Wildman–Crippen MR) is 140 cm³/mol. The highest BCUT2D eigenvalue weighted by Crippen LogP contribution is 2.36. The number of rotatable bonds is 5. The van der Waals surface area contributed by atoms with Gasteiger partial charge in [-0.25, -0.2) is 23.1 Å². The maximum Gasteiger partial charge on any atom is 0.261 e. The molecule has 6 heterocycles. The van der Waals surface area contributed by atoms with Crippen molar-refractivity contribution in [2.24, 2.45) is 0 Å². The van der Waals surface area contributed by atoms with Crippen LogP contribution in [-0.2, 0) is 6.54 Å². The first kappa shape index (κ1) is 23.9. The Bertz CT molecular complexity index is 1860. The van der Waals surface area contributed by atoms with Gasteiger partial charge in [0.15, 0.2) is 16.6 Å². The zero-order chi connectivity index (χ0) is 26.7. The molecule has 2 N–H and O–H groups in total. The van der Waals surface area contributed by atoms with E-state index in [1.165, 1.54) is 12.1 Å². The third-order valence-corrected chi connectivity index (χ3v) is 7.77. The minimum absolute atomic E-state index is 0.169. The minimum atomic E-state index is -2.69. The first-order valence-corrected chi connectivity index (χ1v) is 13.0. The van der Waals surface area contributed by atoms with Gasteiger partial charge in [0, 0.05) is 71.1 Å². The largest absolute Gasteiger partial charge is 0.335 e. The Hall–Kier alpha value is -4.16. The van der Waals surface area contributed by atoms with Crippen LogP contribution < -0.4 is 0 Å². The number of hydrogen-bond donors (Lipinski definition) is 2. The van der Waals surface area contributed by atoms with Crippen molar-refractivity contribution in [2.45, 2.75) is 18.9 Å². The molecule has 1 saturated heterocycles. The number of nitrogens with zero attached hydrogens (tertiary/aromatic N) is 5. The van der Waals surface area contributed by atoms with Gasteiger partial charge in [0.25, 0.3) is 5.92 Å². The van der Waals surface area contributed by atoms with Crippen molar-refractivity contribution in [3.05, 3.63) is 71.5 Å². The van der Waals surface area contributed by atoms with Crippen LogP contribution in [0.1, 0.15) is 12.0 Å². The molecule has 0 radical (unpaired) electrons. The lowest BCUT2D eigenvalue weighted by Crippen LogP contribution is -2.24. The van der Waals surface area contributed by atoms with Crippen molar-refractivity contribution in [1.82, 2.24) is 35.0 Å². The molecule has 0 spiro atoms. The number of nitrogens with one attached hydrogen (secondary N) is 2. The third-order valence-electron chi connectivity index (χ3n) is 6.87. The fraction of sp³-hybridized carbons (Fsp3) is 0.185. The summed E-state index contributed by atoms with van der Waals surface area (Å²) < 4.78 is 56.1. The van der Waals surface area contributed by atoms with Gasteiger partial charge < -0.3 is 4.98 Å². The van der Waals surface area contributed by atoms with Gasteiger partial charge in [0.1, 0.15) is 11.5 Å². The first-order valence-electron chi connectivity index (χ1n) is 12.2. The van der Waals surface area contributed by atoms with Crippen LogP contribution in [0.3, 0.4) is 0 Å². The maximum atomic E-state index is 15.2. The highest BCUT2D eigenvalue weighted by atomic mass is 32.1. The van der Waals surface area contributed by atoms with Gasteiger partial charge in [0.05, 0.1) is 17.6 Å². The average molecular weight is 550 g/mol. The SMILES string of the molecule is Fc1ccc(-c2ccnc3nc(-c4n[nH]c5cc(F)c(-c6cncc(CN7CCC(F)(F)C7)c6)cc45)[nH]c23)s1. The fourth-order valence-corrected chi connectivity index (χ4v) is 5.81. The highest BCUT2D eigenvalue weighted by Gasteiger charge is 2.38. The molecule has 196 valence electrons. The topological polar surface area (TPSA) is 86.4 Å². The van der Waals surface area contributed by atoms with Gasteiger partial charge >= 0.3 is 0 Å². The number of imidazole rings is 1. The summed E-state index contributed by atoms with van der Waals surface area (Å²) in [5, 5.41) is 7.57. The molecule has 1 aliphatic rings. The molecule has 0 aliphatic carbocycles. The number of likely N-dealkylation sites (tertiary alicyclic amines) is 1. The summed E-state index contributed by atoms with van der Waals surface area (Å²) in [5.74, 6) is -2.74. The number of H-pyrrole nitrogens is 2. The van der Waals surface area contributed by atoms with E-state index in [0.29, 0.717) is 57.8 Å². The second kappa shape index (κ2) is 8.95. The van der Waals surface area contributed by atoms with E-state index in [9.17, 15) is 13.2 Å². The number of hydrogen-bond acceptors (Lipinski definition) is 6. The summed E-state index contributed by atoms with van der Waals surface area (Å²) in [4.78, 5) is 18.8. The molecule has 6 aromatic rings. The van der Waals surface area contributed by atoms with E-state index in [4.69, 9.17) is 0 Å². The average Bonchev–Trinajstić information content (AvgIpc) is 3.69. The first-order chi connectivity index (χ1) is 18.8. The highest BCUT2D eigenvalue weighted by molar-refractivity contribution is 7.14. The Morgan fingerprint density at radius 2 is 1.95 bits per heavy atom. The molecule has 5 aromatic heterocycles. The van der Waals surface area contributed by atoms with Gasteiger partial charge in [-0.3, -0.25) is 15.0 Å². The van der Waals surface area contributed by atoms with Crippen LogP contribution in [0.5, 0.6) is 0 Å². The number of aromatic nitrogens is 6. The summed E-state index contributed by atoms with van der Waals surface area (Å²) in [6.07, 6.45) is 4.60. The van der Waals surface area contributed by atoms with Crippen LogP contribution >= 0.6 is 11.3 Å². The summed E-state index contributed by atoms with van der Waals surface area (Å²) in [6.45, 7) is 0.302. The molecule has 12 heteroatoms. The lowest BCUT2D eigenvalue weighted by molar-refractivity contribution is 0.0115. The van der Waals surface area contributed by atoms with Crippen molar-refractivity contribution in [3.8, 4) is 33.1 Å². The Balaban J connectivity index is 1.27. The maximum absolute atomic E-state index is 15.2. The van der Waals surface area contributed by atoms with Crippen molar-refractivity contribution in [2.75, 3.05) is 13.1 Å². The van der Waals surface area contributed by atoms with Gasteiger partial charge in [-0.1, -0.05) is 0 Å².